The van der Waals surface area contributed by atoms with Gasteiger partial charge in [-0.15, -0.1) is 0 Å². The third-order valence-electron chi connectivity index (χ3n) is 3.95. The molecule has 0 saturated carbocycles. The van der Waals surface area contributed by atoms with E-state index in [1.165, 1.54) is 18.2 Å². The van der Waals surface area contributed by atoms with E-state index in [-0.39, 0.29) is 11.3 Å². The van der Waals surface area contributed by atoms with Crippen molar-refractivity contribution in [1.82, 2.24) is 4.90 Å². The molecule has 0 aliphatic carbocycles. The number of carbonyl (C=O) groups excluding carboxylic acids is 2. The molecule has 0 atom stereocenters. The number of nitrogens with zero attached hydrogens (tertiary/aromatic N) is 2. The summed E-state index contributed by atoms with van der Waals surface area (Å²) in [5.41, 5.74) is -0.518. The van der Waals surface area contributed by atoms with Crippen molar-refractivity contribution < 1.29 is 28.7 Å². The first-order valence-electron chi connectivity index (χ1n) is 8.18. The van der Waals surface area contributed by atoms with Crippen molar-refractivity contribution in [2.24, 2.45) is 0 Å². The van der Waals surface area contributed by atoms with Crippen LogP contribution in [0.1, 0.15) is 25.3 Å². The molecule has 1 rings (SSSR count). The molecule has 0 N–H and O–H groups in total. The fourth-order valence-corrected chi connectivity index (χ4v) is 2.44. The standard InChI is InChI=1S/C17H24N2O7/c1-5-18(6-2)9-10-26-12-7-8-14(19(22)23)13(11-12)15(16(20)24-3)17(21)25-4/h7-8,11,15H,5-6,9-10H2,1-4H3. The predicted molar refractivity (Wildman–Crippen MR) is 93.2 cm³/mol. The first-order chi connectivity index (χ1) is 12.4. The largest absolute Gasteiger partial charge is 0.492 e. The Morgan fingerprint density at radius 2 is 1.73 bits per heavy atom. The molecule has 0 aliphatic heterocycles. The van der Waals surface area contributed by atoms with Crippen LogP contribution in [0.2, 0.25) is 0 Å². The van der Waals surface area contributed by atoms with Crippen LogP contribution in [0.15, 0.2) is 18.2 Å². The second-order valence-electron chi connectivity index (χ2n) is 5.33. The van der Waals surface area contributed by atoms with E-state index in [0.717, 1.165) is 27.3 Å². The van der Waals surface area contributed by atoms with E-state index in [4.69, 9.17) is 4.74 Å². The lowest BCUT2D eigenvalue weighted by atomic mass is 9.97. The lowest BCUT2D eigenvalue weighted by molar-refractivity contribution is -0.385. The van der Waals surface area contributed by atoms with Crippen LogP contribution in [0.5, 0.6) is 5.75 Å². The molecule has 0 fully saturated rings. The molecule has 1 aromatic rings. The molecule has 0 unspecified atom stereocenters. The van der Waals surface area contributed by atoms with Crippen LogP contribution in [0, 0.1) is 10.1 Å². The summed E-state index contributed by atoms with van der Waals surface area (Å²) in [6.45, 7) is 6.85. The van der Waals surface area contributed by atoms with Crippen molar-refractivity contribution in [1.29, 1.82) is 0 Å². The lowest BCUT2D eigenvalue weighted by Crippen LogP contribution is -2.28. The number of methoxy groups -OCH3 is 2. The summed E-state index contributed by atoms with van der Waals surface area (Å²) in [5.74, 6) is -3.13. The molecular formula is C17H24N2O7. The Balaban J connectivity index is 3.15. The maximum Gasteiger partial charge on any atom is 0.324 e. The average molecular weight is 368 g/mol. The third kappa shape index (κ3) is 5.41. The number of hydrogen-bond acceptors (Lipinski definition) is 8. The second kappa shape index (κ2) is 10.3. The zero-order chi connectivity index (χ0) is 19.7. The predicted octanol–water partition coefficient (Wildman–Crippen LogP) is 1.74. The Labute approximate surface area is 152 Å². The quantitative estimate of drug-likeness (QED) is 0.266. The molecule has 0 bridgehead atoms. The summed E-state index contributed by atoms with van der Waals surface area (Å²) in [6, 6.07) is 3.93. The van der Waals surface area contributed by atoms with Gasteiger partial charge in [-0.25, -0.2) is 0 Å². The second-order valence-corrected chi connectivity index (χ2v) is 5.33. The zero-order valence-electron chi connectivity index (χ0n) is 15.4. The summed E-state index contributed by atoms with van der Waals surface area (Å²) in [6.07, 6.45) is 0. The summed E-state index contributed by atoms with van der Waals surface area (Å²) in [4.78, 5) is 36.7. The van der Waals surface area contributed by atoms with Gasteiger partial charge in [-0.3, -0.25) is 19.7 Å². The fraction of sp³-hybridized carbons (Fsp3) is 0.529. The summed E-state index contributed by atoms with van der Waals surface area (Å²) in [7, 11) is 2.18. The SMILES string of the molecule is CCN(CC)CCOc1ccc([N+](=O)[O-])c(C(C(=O)OC)C(=O)OC)c1. The number of rotatable bonds is 10. The summed E-state index contributed by atoms with van der Waals surface area (Å²) >= 11 is 0. The molecule has 0 aromatic heterocycles. The van der Waals surface area contributed by atoms with Crippen molar-refractivity contribution in [3.63, 3.8) is 0 Å². The Hall–Kier alpha value is -2.68. The monoisotopic (exact) mass is 368 g/mol. The topological polar surface area (TPSA) is 108 Å². The minimum absolute atomic E-state index is 0.131. The van der Waals surface area contributed by atoms with Gasteiger partial charge in [0.05, 0.1) is 24.7 Å². The van der Waals surface area contributed by atoms with Gasteiger partial charge >= 0.3 is 11.9 Å². The Bertz CT molecular complexity index is 628. The number of nitro groups is 1. The van der Waals surface area contributed by atoms with E-state index in [1.807, 2.05) is 13.8 Å². The van der Waals surface area contributed by atoms with Gasteiger partial charge in [0.15, 0.2) is 5.92 Å². The number of ether oxygens (including phenoxy) is 3. The Kier molecular flexibility index (Phi) is 8.50. The third-order valence-corrected chi connectivity index (χ3v) is 3.95. The maximum atomic E-state index is 12.0. The highest BCUT2D eigenvalue weighted by atomic mass is 16.6. The Morgan fingerprint density at radius 1 is 1.15 bits per heavy atom. The average Bonchev–Trinajstić information content (AvgIpc) is 2.64. The molecule has 0 spiro atoms. The van der Waals surface area contributed by atoms with Gasteiger partial charge in [0.2, 0.25) is 0 Å². The normalized spacial score (nSPS) is 10.7. The van der Waals surface area contributed by atoms with Crippen LogP contribution in [-0.4, -0.2) is 62.2 Å². The van der Waals surface area contributed by atoms with Crippen LogP contribution in [0.4, 0.5) is 5.69 Å². The number of hydrogen-bond donors (Lipinski definition) is 0. The molecule has 9 heteroatoms. The van der Waals surface area contributed by atoms with E-state index in [1.54, 1.807) is 0 Å². The number of benzene rings is 1. The minimum atomic E-state index is -1.56. The van der Waals surface area contributed by atoms with E-state index < -0.39 is 22.8 Å². The molecule has 1 aromatic carbocycles. The number of esters is 2. The van der Waals surface area contributed by atoms with Crippen LogP contribution < -0.4 is 4.74 Å². The highest BCUT2D eigenvalue weighted by Gasteiger charge is 2.36. The van der Waals surface area contributed by atoms with Crippen molar-refractivity contribution in [2.45, 2.75) is 19.8 Å². The van der Waals surface area contributed by atoms with Gasteiger partial charge in [-0.2, -0.15) is 0 Å². The first kappa shape index (κ1) is 21.4. The van der Waals surface area contributed by atoms with E-state index in [2.05, 4.69) is 14.4 Å². The molecular weight excluding hydrogens is 344 g/mol. The fourth-order valence-electron chi connectivity index (χ4n) is 2.44. The Morgan fingerprint density at radius 3 is 2.19 bits per heavy atom. The highest BCUT2D eigenvalue weighted by molar-refractivity contribution is 6.01. The number of likely N-dealkylation sites (N-methyl/N-ethyl adjacent to an activating group) is 1. The van der Waals surface area contributed by atoms with Gasteiger partial charge in [0.25, 0.3) is 5.69 Å². The van der Waals surface area contributed by atoms with Crippen LogP contribution >= 0.6 is 0 Å². The van der Waals surface area contributed by atoms with Crippen molar-refractivity contribution in [3.8, 4) is 5.75 Å². The van der Waals surface area contributed by atoms with Gasteiger partial charge < -0.3 is 19.1 Å². The van der Waals surface area contributed by atoms with E-state index in [9.17, 15) is 19.7 Å². The van der Waals surface area contributed by atoms with Gasteiger partial charge in [0.1, 0.15) is 12.4 Å². The highest BCUT2D eigenvalue weighted by Crippen LogP contribution is 2.32. The number of nitro benzene ring substituents is 1. The maximum absolute atomic E-state index is 12.0. The minimum Gasteiger partial charge on any atom is -0.492 e. The molecule has 144 valence electrons. The zero-order valence-corrected chi connectivity index (χ0v) is 15.4. The van der Waals surface area contributed by atoms with Crippen molar-refractivity contribution in [2.75, 3.05) is 40.5 Å². The van der Waals surface area contributed by atoms with E-state index in [0.29, 0.717) is 18.9 Å². The van der Waals surface area contributed by atoms with Gasteiger partial charge in [-0.05, 0) is 25.2 Å². The summed E-state index contributed by atoms with van der Waals surface area (Å²) < 4.78 is 14.8. The van der Waals surface area contributed by atoms with Crippen molar-refractivity contribution >= 4 is 17.6 Å². The van der Waals surface area contributed by atoms with Gasteiger partial charge in [-0.1, -0.05) is 13.8 Å². The van der Waals surface area contributed by atoms with Gasteiger partial charge in [0, 0.05) is 12.6 Å². The molecule has 0 aliphatic rings. The summed E-state index contributed by atoms with van der Waals surface area (Å²) in [5, 5.41) is 11.3. The smallest absolute Gasteiger partial charge is 0.324 e. The van der Waals surface area contributed by atoms with E-state index >= 15 is 0 Å². The van der Waals surface area contributed by atoms with Crippen molar-refractivity contribution in [3.05, 3.63) is 33.9 Å². The molecule has 0 amide bonds. The van der Waals surface area contributed by atoms with Crippen LogP contribution in [0.3, 0.4) is 0 Å². The van der Waals surface area contributed by atoms with Crippen LogP contribution in [0.25, 0.3) is 0 Å². The number of carbonyl (C=O) groups is 2. The molecule has 9 nitrogen and oxygen atoms in total. The molecule has 0 saturated heterocycles. The molecule has 0 heterocycles. The lowest BCUT2D eigenvalue weighted by Gasteiger charge is -2.18. The first-order valence-corrected chi connectivity index (χ1v) is 8.18. The molecule has 0 radical (unpaired) electrons. The molecule has 26 heavy (non-hydrogen) atoms. The van der Waals surface area contributed by atoms with Crippen LogP contribution in [-0.2, 0) is 19.1 Å².